The molecule has 104 valence electrons. The topological polar surface area (TPSA) is 61.8 Å². The Kier molecular flexibility index (Phi) is 3.95. The van der Waals surface area contributed by atoms with E-state index >= 15 is 0 Å². The van der Waals surface area contributed by atoms with Gasteiger partial charge in [-0.3, -0.25) is 4.79 Å². The third kappa shape index (κ3) is 2.51. The molecule has 2 N–H and O–H groups in total. The van der Waals surface area contributed by atoms with E-state index in [0.717, 1.165) is 17.8 Å². The standard InChI is InChI=1S/C14H20N2O3/c1-9-14(18)15-7-8-16(9)11-5-4-6-12(19-3)13(11)10(2)17/h4-6,9-10,17H,7-8H2,1-3H3,(H,15,18). The van der Waals surface area contributed by atoms with Crippen molar-refractivity contribution in [1.29, 1.82) is 0 Å². The first-order valence-corrected chi connectivity index (χ1v) is 6.45. The van der Waals surface area contributed by atoms with Crippen LogP contribution in [0, 0.1) is 0 Å². The smallest absolute Gasteiger partial charge is 0.242 e. The average molecular weight is 264 g/mol. The van der Waals surface area contributed by atoms with Crippen molar-refractivity contribution >= 4 is 11.6 Å². The molecule has 1 aromatic rings. The van der Waals surface area contributed by atoms with Gasteiger partial charge in [0.1, 0.15) is 11.8 Å². The van der Waals surface area contributed by atoms with Crippen molar-refractivity contribution in [2.24, 2.45) is 0 Å². The van der Waals surface area contributed by atoms with E-state index in [1.807, 2.05) is 30.0 Å². The Morgan fingerprint density at radius 3 is 2.89 bits per heavy atom. The number of carbonyl (C=O) groups is 1. The fourth-order valence-corrected chi connectivity index (χ4v) is 2.49. The summed E-state index contributed by atoms with van der Waals surface area (Å²) < 4.78 is 5.31. The monoisotopic (exact) mass is 264 g/mol. The molecule has 0 bridgehead atoms. The number of aliphatic hydroxyl groups excluding tert-OH is 1. The highest BCUT2D eigenvalue weighted by atomic mass is 16.5. The molecule has 1 aliphatic heterocycles. The Morgan fingerprint density at radius 2 is 2.26 bits per heavy atom. The highest BCUT2D eigenvalue weighted by molar-refractivity contribution is 5.86. The van der Waals surface area contributed by atoms with Gasteiger partial charge in [0.25, 0.3) is 0 Å². The first-order chi connectivity index (χ1) is 9.06. The second-order valence-electron chi connectivity index (χ2n) is 4.73. The minimum absolute atomic E-state index is 0.00520. The number of aliphatic hydroxyl groups is 1. The van der Waals surface area contributed by atoms with Gasteiger partial charge >= 0.3 is 0 Å². The first kappa shape index (κ1) is 13.7. The molecule has 1 fully saturated rings. The number of amides is 1. The molecular weight excluding hydrogens is 244 g/mol. The molecule has 0 aromatic heterocycles. The van der Waals surface area contributed by atoms with Gasteiger partial charge in [0.2, 0.25) is 5.91 Å². The SMILES string of the molecule is COc1cccc(N2CCNC(=O)C2C)c1C(C)O. The minimum Gasteiger partial charge on any atom is -0.496 e. The Bertz CT molecular complexity index is 474. The largest absolute Gasteiger partial charge is 0.496 e. The van der Waals surface area contributed by atoms with Gasteiger partial charge in [-0.1, -0.05) is 6.07 Å². The van der Waals surface area contributed by atoms with Crippen molar-refractivity contribution < 1.29 is 14.6 Å². The van der Waals surface area contributed by atoms with Crippen molar-refractivity contribution in [3.8, 4) is 5.75 Å². The van der Waals surface area contributed by atoms with E-state index in [1.165, 1.54) is 0 Å². The number of piperazine rings is 1. The average Bonchev–Trinajstić information content (AvgIpc) is 2.40. The van der Waals surface area contributed by atoms with E-state index in [4.69, 9.17) is 4.74 Å². The summed E-state index contributed by atoms with van der Waals surface area (Å²) in [7, 11) is 1.58. The molecule has 1 saturated heterocycles. The lowest BCUT2D eigenvalue weighted by Crippen LogP contribution is -2.54. The molecule has 2 unspecified atom stereocenters. The third-order valence-electron chi connectivity index (χ3n) is 3.49. The zero-order valence-electron chi connectivity index (χ0n) is 11.5. The second kappa shape index (κ2) is 5.48. The quantitative estimate of drug-likeness (QED) is 0.857. The van der Waals surface area contributed by atoms with Crippen LogP contribution in [-0.4, -0.2) is 37.3 Å². The molecular formula is C14H20N2O3. The van der Waals surface area contributed by atoms with Crippen LogP contribution in [0.3, 0.4) is 0 Å². The van der Waals surface area contributed by atoms with Crippen molar-refractivity contribution in [3.63, 3.8) is 0 Å². The third-order valence-corrected chi connectivity index (χ3v) is 3.49. The predicted molar refractivity (Wildman–Crippen MR) is 73.4 cm³/mol. The lowest BCUT2D eigenvalue weighted by Gasteiger charge is -2.36. The van der Waals surface area contributed by atoms with Crippen LogP contribution < -0.4 is 15.0 Å². The summed E-state index contributed by atoms with van der Waals surface area (Å²) in [5.41, 5.74) is 1.59. The number of ether oxygens (including phenoxy) is 1. The van der Waals surface area contributed by atoms with Gasteiger partial charge in [-0.05, 0) is 26.0 Å². The molecule has 0 saturated carbocycles. The number of nitrogens with zero attached hydrogens (tertiary/aromatic N) is 1. The number of anilines is 1. The highest BCUT2D eigenvalue weighted by Crippen LogP contribution is 2.35. The summed E-state index contributed by atoms with van der Waals surface area (Å²) >= 11 is 0. The summed E-state index contributed by atoms with van der Waals surface area (Å²) in [5.74, 6) is 0.649. The van der Waals surface area contributed by atoms with Crippen LogP contribution in [0.5, 0.6) is 5.75 Å². The molecule has 0 aliphatic carbocycles. The van der Waals surface area contributed by atoms with E-state index < -0.39 is 6.10 Å². The van der Waals surface area contributed by atoms with Gasteiger partial charge in [-0.25, -0.2) is 0 Å². The second-order valence-corrected chi connectivity index (χ2v) is 4.73. The van der Waals surface area contributed by atoms with Crippen LogP contribution in [0.2, 0.25) is 0 Å². The molecule has 1 heterocycles. The zero-order chi connectivity index (χ0) is 14.0. The van der Waals surface area contributed by atoms with Crippen LogP contribution in [0.25, 0.3) is 0 Å². The zero-order valence-corrected chi connectivity index (χ0v) is 11.5. The van der Waals surface area contributed by atoms with Crippen molar-refractivity contribution in [2.45, 2.75) is 26.0 Å². The Balaban J connectivity index is 2.46. The Labute approximate surface area is 113 Å². The molecule has 2 rings (SSSR count). The fraction of sp³-hybridized carbons (Fsp3) is 0.500. The number of carbonyl (C=O) groups excluding carboxylic acids is 1. The molecule has 0 radical (unpaired) electrons. The van der Waals surface area contributed by atoms with Crippen LogP contribution in [0.15, 0.2) is 18.2 Å². The maximum absolute atomic E-state index is 11.8. The molecule has 1 aliphatic rings. The van der Waals surface area contributed by atoms with Crippen LogP contribution in [0.4, 0.5) is 5.69 Å². The number of hydrogen-bond donors (Lipinski definition) is 2. The number of rotatable bonds is 3. The van der Waals surface area contributed by atoms with Crippen molar-refractivity contribution in [1.82, 2.24) is 5.32 Å². The Morgan fingerprint density at radius 1 is 1.53 bits per heavy atom. The number of methoxy groups -OCH3 is 1. The van der Waals surface area contributed by atoms with E-state index in [1.54, 1.807) is 14.0 Å². The summed E-state index contributed by atoms with van der Waals surface area (Å²) in [6.07, 6.45) is -0.650. The summed E-state index contributed by atoms with van der Waals surface area (Å²) in [5, 5.41) is 12.8. The number of benzene rings is 1. The van der Waals surface area contributed by atoms with Crippen LogP contribution >= 0.6 is 0 Å². The minimum atomic E-state index is -0.650. The van der Waals surface area contributed by atoms with Crippen LogP contribution in [-0.2, 0) is 4.79 Å². The summed E-state index contributed by atoms with van der Waals surface area (Å²) in [6.45, 7) is 4.90. The molecule has 0 spiro atoms. The molecule has 5 heteroatoms. The van der Waals surface area contributed by atoms with Gasteiger partial charge in [-0.15, -0.1) is 0 Å². The van der Waals surface area contributed by atoms with E-state index in [2.05, 4.69) is 5.32 Å². The molecule has 5 nitrogen and oxygen atoms in total. The van der Waals surface area contributed by atoms with Gasteiger partial charge in [0, 0.05) is 24.3 Å². The van der Waals surface area contributed by atoms with E-state index in [9.17, 15) is 9.90 Å². The van der Waals surface area contributed by atoms with Crippen molar-refractivity contribution in [3.05, 3.63) is 23.8 Å². The lowest BCUT2D eigenvalue weighted by atomic mass is 10.0. The highest BCUT2D eigenvalue weighted by Gasteiger charge is 2.28. The summed E-state index contributed by atoms with van der Waals surface area (Å²) in [4.78, 5) is 13.8. The molecule has 1 amide bonds. The van der Waals surface area contributed by atoms with Gasteiger partial charge < -0.3 is 20.1 Å². The lowest BCUT2D eigenvalue weighted by molar-refractivity contribution is -0.122. The van der Waals surface area contributed by atoms with Gasteiger partial charge in [-0.2, -0.15) is 0 Å². The number of nitrogens with one attached hydrogen (secondary N) is 1. The first-order valence-electron chi connectivity index (χ1n) is 6.45. The number of hydrogen-bond acceptors (Lipinski definition) is 4. The molecule has 19 heavy (non-hydrogen) atoms. The molecule has 1 aromatic carbocycles. The van der Waals surface area contributed by atoms with E-state index in [-0.39, 0.29) is 11.9 Å². The van der Waals surface area contributed by atoms with Crippen LogP contribution in [0.1, 0.15) is 25.5 Å². The predicted octanol–water partition coefficient (Wildman–Crippen LogP) is 1.07. The fourth-order valence-electron chi connectivity index (χ4n) is 2.49. The molecule has 2 atom stereocenters. The van der Waals surface area contributed by atoms with E-state index in [0.29, 0.717) is 12.3 Å². The van der Waals surface area contributed by atoms with Gasteiger partial charge in [0.05, 0.1) is 13.2 Å². The Hall–Kier alpha value is -1.75. The van der Waals surface area contributed by atoms with Crippen molar-refractivity contribution in [2.75, 3.05) is 25.1 Å². The summed E-state index contributed by atoms with van der Waals surface area (Å²) in [6, 6.07) is 5.36. The maximum Gasteiger partial charge on any atom is 0.242 e. The van der Waals surface area contributed by atoms with Gasteiger partial charge in [0.15, 0.2) is 0 Å². The normalized spacial score (nSPS) is 20.9. The maximum atomic E-state index is 11.8.